The van der Waals surface area contributed by atoms with Gasteiger partial charge >= 0.3 is 12.1 Å². The van der Waals surface area contributed by atoms with Gasteiger partial charge < -0.3 is 14.4 Å². The van der Waals surface area contributed by atoms with Gasteiger partial charge in [-0.2, -0.15) is 5.10 Å². The molecule has 2 aliphatic rings. The number of anilines is 1. The normalized spacial score (nSPS) is 21.0. The molecule has 1 aromatic heterocycles. The molecule has 2 fully saturated rings. The Morgan fingerprint density at radius 3 is 2.30 bits per heavy atom. The van der Waals surface area contributed by atoms with Gasteiger partial charge in [0.1, 0.15) is 11.5 Å². The van der Waals surface area contributed by atoms with Crippen LogP contribution in [0.4, 0.5) is 10.6 Å². The van der Waals surface area contributed by atoms with Crippen LogP contribution in [-0.4, -0.2) is 64.4 Å². The molecule has 0 radical (unpaired) electrons. The van der Waals surface area contributed by atoms with Crippen molar-refractivity contribution in [3.63, 3.8) is 0 Å². The van der Waals surface area contributed by atoms with Crippen LogP contribution >= 0.6 is 0 Å². The van der Waals surface area contributed by atoms with E-state index in [1.807, 2.05) is 56.0 Å². The van der Waals surface area contributed by atoms with Crippen molar-refractivity contribution in [1.29, 1.82) is 0 Å². The zero-order chi connectivity index (χ0) is 28.9. The number of rotatable bonds is 7. The van der Waals surface area contributed by atoms with Gasteiger partial charge in [-0.1, -0.05) is 37.3 Å². The third kappa shape index (κ3) is 7.04. The highest BCUT2D eigenvalue weighted by Crippen LogP contribution is 2.38. The number of nitrogens with zero attached hydrogens (tertiary/aromatic N) is 3. The Bertz CT molecular complexity index is 1140. The summed E-state index contributed by atoms with van der Waals surface area (Å²) in [7, 11) is 0. The van der Waals surface area contributed by atoms with Crippen LogP contribution in [0.15, 0.2) is 36.5 Å². The lowest BCUT2D eigenvalue weighted by Gasteiger charge is -2.40. The Kier molecular flexibility index (Phi) is 9.53. The maximum absolute atomic E-state index is 14.3. The number of aromatic amines is 1. The number of carbonyl (C=O) groups excluding carboxylic acids is 3. The van der Waals surface area contributed by atoms with E-state index in [-0.39, 0.29) is 36.5 Å². The van der Waals surface area contributed by atoms with Gasteiger partial charge in [-0.05, 0) is 77.7 Å². The molecule has 2 amide bonds. The fourth-order valence-corrected chi connectivity index (χ4v) is 5.81. The van der Waals surface area contributed by atoms with E-state index in [4.69, 9.17) is 9.47 Å². The molecule has 1 N–H and O–H groups in total. The molecule has 9 nitrogen and oxygen atoms in total. The summed E-state index contributed by atoms with van der Waals surface area (Å²) in [5.74, 6) is -0.0644. The number of nitrogens with one attached hydrogen (secondary N) is 1. The highest BCUT2D eigenvalue weighted by molar-refractivity contribution is 5.97. The van der Waals surface area contributed by atoms with Crippen molar-refractivity contribution < 1.29 is 23.9 Å². The average molecular weight is 553 g/mol. The highest BCUT2D eigenvalue weighted by Gasteiger charge is 2.40. The average Bonchev–Trinajstić information content (AvgIpc) is 3.38. The molecule has 1 aliphatic heterocycles. The molecule has 1 saturated carbocycles. The van der Waals surface area contributed by atoms with Gasteiger partial charge in [-0.25, -0.2) is 4.79 Å². The summed E-state index contributed by atoms with van der Waals surface area (Å²) in [6, 6.07) is 9.31. The first kappa shape index (κ1) is 29.6. The topological polar surface area (TPSA) is 105 Å². The summed E-state index contributed by atoms with van der Waals surface area (Å²) in [6.45, 7) is 10.8. The summed E-state index contributed by atoms with van der Waals surface area (Å²) >= 11 is 0. The lowest BCUT2D eigenvalue weighted by Crippen LogP contribution is -2.52. The number of H-pyrrole nitrogens is 1. The van der Waals surface area contributed by atoms with Crippen LogP contribution in [0, 0.1) is 11.8 Å². The molecule has 9 heteroatoms. The van der Waals surface area contributed by atoms with E-state index in [2.05, 4.69) is 17.1 Å². The van der Waals surface area contributed by atoms with Crippen molar-refractivity contribution in [3.05, 3.63) is 47.7 Å². The van der Waals surface area contributed by atoms with Gasteiger partial charge in [0.2, 0.25) is 5.91 Å². The van der Waals surface area contributed by atoms with Crippen molar-refractivity contribution in [1.82, 2.24) is 15.1 Å². The SMILES string of the molecule is CCOC(=O)C(c1ccccc1)c1c[nH]nc1N(C(=O)[C@H]1CC[C@H](C)CC1)C1CCN(C(=O)OC(C)(C)C)CC1. The summed E-state index contributed by atoms with van der Waals surface area (Å²) in [4.78, 5) is 43.8. The molecule has 2 aromatic rings. The van der Waals surface area contributed by atoms with Crippen LogP contribution in [0.1, 0.15) is 90.2 Å². The largest absolute Gasteiger partial charge is 0.465 e. The molecule has 0 bridgehead atoms. The maximum Gasteiger partial charge on any atom is 0.410 e. The van der Waals surface area contributed by atoms with Gasteiger partial charge in [-0.15, -0.1) is 0 Å². The zero-order valence-corrected chi connectivity index (χ0v) is 24.5. The van der Waals surface area contributed by atoms with Crippen LogP contribution < -0.4 is 4.90 Å². The van der Waals surface area contributed by atoms with Gasteiger partial charge in [0.05, 0.1) is 6.61 Å². The third-order valence-corrected chi connectivity index (χ3v) is 7.93. The van der Waals surface area contributed by atoms with E-state index in [0.29, 0.717) is 43.2 Å². The molecule has 4 rings (SSSR count). The van der Waals surface area contributed by atoms with E-state index < -0.39 is 11.5 Å². The summed E-state index contributed by atoms with van der Waals surface area (Å²) in [5.41, 5.74) is 0.830. The lowest BCUT2D eigenvalue weighted by atomic mass is 9.81. The minimum atomic E-state index is -0.724. The van der Waals surface area contributed by atoms with Gasteiger partial charge in [0, 0.05) is 36.8 Å². The fraction of sp³-hybridized carbons (Fsp3) is 0.613. The van der Waals surface area contributed by atoms with E-state index in [1.165, 1.54) is 0 Å². The molecule has 1 unspecified atom stereocenters. The minimum Gasteiger partial charge on any atom is -0.465 e. The molecule has 1 aliphatic carbocycles. The first-order valence-electron chi connectivity index (χ1n) is 14.6. The van der Waals surface area contributed by atoms with E-state index in [1.54, 1.807) is 18.0 Å². The highest BCUT2D eigenvalue weighted by atomic mass is 16.6. The van der Waals surface area contributed by atoms with Crippen LogP contribution in [0.2, 0.25) is 0 Å². The smallest absolute Gasteiger partial charge is 0.410 e. The fourth-order valence-electron chi connectivity index (χ4n) is 5.81. The van der Waals surface area contributed by atoms with E-state index in [0.717, 1.165) is 31.2 Å². The summed E-state index contributed by atoms with van der Waals surface area (Å²) in [6.07, 6.45) is 6.28. The lowest BCUT2D eigenvalue weighted by molar-refractivity contribution is -0.143. The Morgan fingerprint density at radius 1 is 1.05 bits per heavy atom. The monoisotopic (exact) mass is 552 g/mol. The first-order chi connectivity index (χ1) is 19.1. The number of hydrogen-bond donors (Lipinski definition) is 1. The number of benzene rings is 1. The van der Waals surface area contributed by atoms with Gasteiger partial charge in [-0.3, -0.25) is 19.6 Å². The maximum atomic E-state index is 14.3. The Labute approximate surface area is 237 Å². The quantitative estimate of drug-likeness (QED) is 0.444. The number of aromatic nitrogens is 2. The van der Waals surface area contributed by atoms with Crippen molar-refractivity contribution in [2.45, 2.75) is 90.7 Å². The zero-order valence-electron chi connectivity index (χ0n) is 24.5. The Morgan fingerprint density at radius 2 is 1.70 bits per heavy atom. The van der Waals surface area contributed by atoms with E-state index >= 15 is 0 Å². The molecule has 1 aromatic carbocycles. The van der Waals surface area contributed by atoms with Crippen LogP contribution in [-0.2, 0) is 19.1 Å². The number of carbonyl (C=O) groups is 3. The standard InChI is InChI=1S/C31H44N4O5/c1-6-39-29(37)26(22-10-8-7-9-11-22)25-20-32-33-27(25)35(28(36)23-14-12-21(2)13-15-23)24-16-18-34(19-17-24)30(38)40-31(3,4)5/h7-11,20-21,23-24,26H,6,12-19H2,1-5H3,(H,32,33)/t21-,23-,26?. The number of likely N-dealkylation sites (tertiary alicyclic amines) is 1. The third-order valence-electron chi connectivity index (χ3n) is 7.93. The van der Waals surface area contributed by atoms with Crippen LogP contribution in [0.25, 0.3) is 0 Å². The van der Waals surface area contributed by atoms with Gasteiger partial charge in [0.15, 0.2) is 5.82 Å². The molecule has 40 heavy (non-hydrogen) atoms. The Hall–Kier alpha value is -3.36. The number of ether oxygens (including phenoxy) is 2. The predicted octanol–water partition coefficient (Wildman–Crippen LogP) is 5.66. The minimum absolute atomic E-state index is 0.0478. The second kappa shape index (κ2) is 12.9. The number of amides is 2. The van der Waals surface area contributed by atoms with Crippen LogP contribution in [0.5, 0.6) is 0 Å². The first-order valence-corrected chi connectivity index (χ1v) is 14.6. The molecule has 2 heterocycles. The van der Waals surface area contributed by atoms with Crippen molar-refractivity contribution in [3.8, 4) is 0 Å². The Balaban J connectivity index is 1.66. The molecule has 1 atom stereocenters. The van der Waals surface area contributed by atoms with Crippen molar-refractivity contribution in [2.75, 3.05) is 24.6 Å². The molecule has 0 spiro atoms. The summed E-state index contributed by atoms with van der Waals surface area (Å²) in [5, 5.41) is 7.53. The molecule has 1 saturated heterocycles. The molecular weight excluding hydrogens is 508 g/mol. The number of hydrogen-bond acceptors (Lipinski definition) is 6. The summed E-state index contributed by atoms with van der Waals surface area (Å²) < 4.78 is 11.1. The molecular formula is C31H44N4O5. The van der Waals surface area contributed by atoms with Crippen molar-refractivity contribution in [2.24, 2.45) is 11.8 Å². The van der Waals surface area contributed by atoms with Crippen molar-refractivity contribution >= 4 is 23.8 Å². The number of piperidine rings is 1. The second-order valence-corrected chi connectivity index (χ2v) is 12.1. The van der Waals surface area contributed by atoms with Crippen LogP contribution in [0.3, 0.4) is 0 Å². The molecule has 218 valence electrons. The van der Waals surface area contributed by atoms with Gasteiger partial charge in [0.25, 0.3) is 0 Å². The number of esters is 1. The second-order valence-electron chi connectivity index (χ2n) is 12.1. The van der Waals surface area contributed by atoms with E-state index in [9.17, 15) is 14.4 Å². The predicted molar refractivity (Wildman–Crippen MR) is 153 cm³/mol.